The maximum Gasteiger partial charge on any atom is 0.263 e. The minimum Gasteiger partial charge on any atom is -0.337 e. The first-order valence-electron chi connectivity index (χ1n) is 12.3. The summed E-state index contributed by atoms with van der Waals surface area (Å²) in [4.78, 5) is 18.6. The van der Waals surface area contributed by atoms with Gasteiger partial charge in [0.15, 0.2) is 0 Å². The van der Waals surface area contributed by atoms with Crippen LogP contribution < -0.4 is 0 Å². The number of carbonyl (C=O) groups excluding carboxylic acids is 1. The fourth-order valence-corrected chi connectivity index (χ4v) is 5.93. The molecule has 0 aliphatic carbocycles. The lowest BCUT2D eigenvalue weighted by Crippen LogP contribution is -2.47. The predicted octanol–water partition coefficient (Wildman–Crippen LogP) is 5.73. The van der Waals surface area contributed by atoms with Gasteiger partial charge in [-0.2, -0.15) is 5.10 Å². The topological polar surface area (TPSA) is 52.2 Å². The fraction of sp³-hybridized carbons (Fsp3) is 0.310. The van der Waals surface area contributed by atoms with Crippen LogP contribution in [0, 0.1) is 5.92 Å². The van der Waals surface area contributed by atoms with Crippen molar-refractivity contribution in [2.75, 3.05) is 20.1 Å². The summed E-state index contributed by atoms with van der Waals surface area (Å²) in [6, 6.07) is 25.1. The quantitative estimate of drug-likeness (QED) is 0.347. The Morgan fingerprint density at radius 1 is 1.06 bits per heavy atom. The monoisotopic (exact) mass is 484 g/mol. The lowest BCUT2D eigenvalue weighted by atomic mass is 9.84. The molecule has 5 nitrogen and oxygen atoms in total. The molecule has 180 valence electrons. The number of thiophene rings is 1. The Labute approximate surface area is 211 Å². The molecule has 1 amide bonds. The summed E-state index contributed by atoms with van der Waals surface area (Å²) >= 11 is 1.52. The van der Waals surface area contributed by atoms with Crippen LogP contribution in [0.4, 0.5) is 0 Å². The van der Waals surface area contributed by atoms with Crippen molar-refractivity contribution in [3.8, 4) is 11.3 Å². The molecule has 0 saturated carbocycles. The molecule has 4 aromatic rings. The molecule has 0 bridgehead atoms. The Hall–Kier alpha value is -3.22. The van der Waals surface area contributed by atoms with Crippen LogP contribution in [-0.4, -0.2) is 52.1 Å². The zero-order chi connectivity index (χ0) is 24.0. The van der Waals surface area contributed by atoms with Crippen LogP contribution in [0.1, 0.15) is 33.6 Å². The van der Waals surface area contributed by atoms with Gasteiger partial charge in [-0.05, 0) is 60.8 Å². The Balaban J connectivity index is 1.27. The molecule has 1 unspecified atom stereocenters. The Morgan fingerprint density at radius 2 is 1.77 bits per heavy atom. The number of likely N-dealkylation sites (N-methyl/N-ethyl adjacent to an activating group) is 1. The van der Waals surface area contributed by atoms with Gasteiger partial charge in [-0.25, -0.2) is 0 Å². The number of aromatic amines is 1. The fourth-order valence-electron chi connectivity index (χ4n) is 5.22. The first-order chi connectivity index (χ1) is 17.2. The van der Waals surface area contributed by atoms with Gasteiger partial charge in [0.1, 0.15) is 0 Å². The highest BCUT2D eigenvalue weighted by Gasteiger charge is 2.32. The maximum atomic E-state index is 13.2. The van der Waals surface area contributed by atoms with Crippen molar-refractivity contribution in [2.45, 2.75) is 31.8 Å². The van der Waals surface area contributed by atoms with E-state index in [1.165, 1.54) is 28.0 Å². The summed E-state index contributed by atoms with van der Waals surface area (Å²) in [6.07, 6.45) is 5.01. The summed E-state index contributed by atoms with van der Waals surface area (Å²) < 4.78 is 0. The van der Waals surface area contributed by atoms with Crippen LogP contribution >= 0.6 is 11.3 Å². The zero-order valence-electron chi connectivity index (χ0n) is 20.1. The third kappa shape index (κ3) is 5.55. The number of piperidine rings is 1. The summed E-state index contributed by atoms with van der Waals surface area (Å²) in [5.41, 5.74) is 4.81. The van der Waals surface area contributed by atoms with Crippen molar-refractivity contribution in [1.82, 2.24) is 20.0 Å². The van der Waals surface area contributed by atoms with Crippen LogP contribution in [0.2, 0.25) is 0 Å². The number of carbonyl (C=O) groups is 1. The molecule has 1 saturated heterocycles. The minimum absolute atomic E-state index is 0.134. The van der Waals surface area contributed by atoms with Crippen LogP contribution in [0.3, 0.4) is 0 Å². The van der Waals surface area contributed by atoms with Gasteiger partial charge in [-0.1, -0.05) is 66.7 Å². The molecule has 3 heterocycles. The highest BCUT2D eigenvalue weighted by Crippen LogP contribution is 2.30. The zero-order valence-corrected chi connectivity index (χ0v) is 21.0. The van der Waals surface area contributed by atoms with Gasteiger partial charge in [-0.3, -0.25) is 14.8 Å². The number of rotatable bonds is 8. The van der Waals surface area contributed by atoms with E-state index in [0.29, 0.717) is 5.92 Å². The first-order valence-corrected chi connectivity index (χ1v) is 13.2. The van der Waals surface area contributed by atoms with E-state index in [0.717, 1.165) is 49.5 Å². The van der Waals surface area contributed by atoms with E-state index in [-0.39, 0.29) is 11.9 Å². The number of benzene rings is 2. The SMILES string of the molecule is CN(C(=O)c1cccs1)C(Cc1ccccc1)C1CCN(Cc2cn[nH]c2-c2ccccc2)CC1. The third-order valence-electron chi connectivity index (χ3n) is 7.19. The molecular weight excluding hydrogens is 452 g/mol. The lowest BCUT2D eigenvalue weighted by Gasteiger charge is -2.40. The second-order valence-electron chi connectivity index (χ2n) is 9.40. The maximum absolute atomic E-state index is 13.2. The number of H-pyrrole nitrogens is 1. The van der Waals surface area contributed by atoms with Gasteiger partial charge >= 0.3 is 0 Å². The second-order valence-corrected chi connectivity index (χ2v) is 10.3. The molecule has 2 aromatic heterocycles. The molecule has 35 heavy (non-hydrogen) atoms. The highest BCUT2D eigenvalue weighted by atomic mass is 32.1. The van der Waals surface area contributed by atoms with Crippen molar-refractivity contribution >= 4 is 17.2 Å². The molecule has 5 rings (SSSR count). The predicted molar refractivity (Wildman–Crippen MR) is 142 cm³/mol. The van der Waals surface area contributed by atoms with Gasteiger partial charge < -0.3 is 4.90 Å². The average Bonchev–Trinajstić information content (AvgIpc) is 3.61. The smallest absolute Gasteiger partial charge is 0.263 e. The van der Waals surface area contributed by atoms with Crippen molar-refractivity contribution in [3.63, 3.8) is 0 Å². The Morgan fingerprint density at radius 3 is 2.46 bits per heavy atom. The largest absolute Gasteiger partial charge is 0.337 e. The summed E-state index contributed by atoms with van der Waals surface area (Å²) in [5, 5.41) is 9.49. The molecule has 0 radical (unpaired) electrons. The molecule has 2 aromatic carbocycles. The van der Waals surface area contributed by atoms with Crippen molar-refractivity contribution < 1.29 is 4.79 Å². The van der Waals surface area contributed by atoms with Gasteiger partial charge in [0.25, 0.3) is 5.91 Å². The second kappa shape index (κ2) is 11.0. The lowest BCUT2D eigenvalue weighted by molar-refractivity contribution is 0.0589. The molecule has 6 heteroatoms. The summed E-state index contributed by atoms with van der Waals surface area (Å²) in [5.74, 6) is 0.604. The van der Waals surface area contributed by atoms with E-state index in [4.69, 9.17) is 0 Å². The standard InChI is InChI=1S/C29H32N4OS/c1-32(29(34)27-13-8-18-35-27)26(19-22-9-4-2-5-10-22)23-14-16-33(17-15-23)21-25-20-30-31-28(25)24-11-6-3-7-12-24/h2-13,18,20,23,26H,14-17,19,21H2,1H3,(H,30,31). The minimum atomic E-state index is 0.134. The number of likely N-dealkylation sites (tertiary alicyclic amines) is 1. The Kier molecular flexibility index (Phi) is 7.40. The van der Waals surface area contributed by atoms with E-state index < -0.39 is 0 Å². The summed E-state index contributed by atoms with van der Waals surface area (Å²) in [7, 11) is 1.99. The number of nitrogens with zero attached hydrogens (tertiary/aromatic N) is 3. The molecule has 1 aliphatic rings. The van der Waals surface area contributed by atoms with Crippen LogP contribution in [0.5, 0.6) is 0 Å². The molecule has 1 aliphatic heterocycles. The van der Waals surface area contributed by atoms with E-state index in [9.17, 15) is 4.79 Å². The van der Waals surface area contributed by atoms with Crippen molar-refractivity contribution in [1.29, 1.82) is 0 Å². The van der Waals surface area contributed by atoms with Crippen LogP contribution in [0.15, 0.2) is 84.4 Å². The Bertz CT molecular complexity index is 1200. The van der Waals surface area contributed by atoms with Crippen LogP contribution in [0.25, 0.3) is 11.3 Å². The average molecular weight is 485 g/mol. The van der Waals surface area contributed by atoms with Gasteiger partial charge in [0.2, 0.25) is 0 Å². The van der Waals surface area contributed by atoms with Crippen molar-refractivity contribution in [3.05, 3.63) is 100 Å². The summed E-state index contributed by atoms with van der Waals surface area (Å²) in [6.45, 7) is 2.94. The van der Waals surface area contributed by atoms with Gasteiger partial charge in [0, 0.05) is 25.2 Å². The molecular formula is C29H32N4OS. The number of nitrogens with one attached hydrogen (secondary N) is 1. The van der Waals surface area contributed by atoms with E-state index >= 15 is 0 Å². The number of amides is 1. The third-order valence-corrected chi connectivity index (χ3v) is 8.05. The number of hydrogen-bond acceptors (Lipinski definition) is 4. The van der Waals surface area contributed by atoms with E-state index in [1.54, 1.807) is 0 Å². The highest BCUT2D eigenvalue weighted by molar-refractivity contribution is 7.12. The first kappa shape index (κ1) is 23.5. The van der Waals surface area contributed by atoms with Gasteiger partial charge in [0.05, 0.1) is 16.8 Å². The van der Waals surface area contributed by atoms with E-state index in [2.05, 4.69) is 69.7 Å². The molecule has 1 fully saturated rings. The van der Waals surface area contributed by atoms with E-state index in [1.807, 2.05) is 41.7 Å². The normalized spacial score (nSPS) is 15.7. The molecule has 1 atom stereocenters. The van der Waals surface area contributed by atoms with Crippen molar-refractivity contribution in [2.24, 2.45) is 5.92 Å². The molecule has 1 N–H and O–H groups in total. The number of hydrogen-bond donors (Lipinski definition) is 1. The molecule has 0 spiro atoms. The number of aromatic nitrogens is 2. The van der Waals surface area contributed by atoms with Crippen LogP contribution in [-0.2, 0) is 13.0 Å². The van der Waals surface area contributed by atoms with Gasteiger partial charge in [-0.15, -0.1) is 11.3 Å².